The fourth-order valence-electron chi connectivity index (χ4n) is 3.77. The summed E-state index contributed by atoms with van der Waals surface area (Å²) < 4.78 is 6.93. The molecule has 0 radical (unpaired) electrons. The predicted octanol–water partition coefficient (Wildman–Crippen LogP) is 3.72. The molecule has 0 fully saturated rings. The highest BCUT2D eigenvalue weighted by atomic mass is 16.5. The Morgan fingerprint density at radius 3 is 2.33 bits per heavy atom. The summed E-state index contributed by atoms with van der Waals surface area (Å²) >= 11 is 0. The third-order valence-electron chi connectivity index (χ3n) is 5.10. The van der Waals surface area contributed by atoms with Crippen molar-refractivity contribution >= 4 is 17.5 Å². The molecule has 2 heterocycles. The van der Waals surface area contributed by atoms with Crippen LogP contribution >= 0.6 is 0 Å². The van der Waals surface area contributed by atoms with Crippen molar-refractivity contribution in [3.05, 3.63) is 63.6 Å². The lowest BCUT2D eigenvalue weighted by atomic mass is 10.0. The van der Waals surface area contributed by atoms with Gasteiger partial charge in [-0.3, -0.25) is 9.79 Å². The molecule has 5 nitrogen and oxygen atoms in total. The van der Waals surface area contributed by atoms with Gasteiger partial charge in [0.15, 0.2) is 0 Å². The molecule has 0 amide bonds. The summed E-state index contributed by atoms with van der Waals surface area (Å²) in [5, 5.41) is 0. The maximum absolute atomic E-state index is 12.6. The molecular formula is C22H24N2O3. The standard InChI is InChI=1S/C22H24N2O3/c1-12-8-7-9-13(2)20(12)24-14(3)10-17(16(24)5)11-18-21(25)19(15(4)23-18)22(26)27-6/h7-10H,11H2,1-6H3. The van der Waals surface area contributed by atoms with E-state index < -0.39 is 5.97 Å². The van der Waals surface area contributed by atoms with Crippen LogP contribution in [0, 0.1) is 27.7 Å². The van der Waals surface area contributed by atoms with Gasteiger partial charge >= 0.3 is 5.97 Å². The molecule has 0 unspecified atom stereocenters. The number of allylic oxidation sites excluding steroid dienone is 1. The molecule has 0 saturated carbocycles. The van der Waals surface area contributed by atoms with Crippen LogP contribution in [0.15, 0.2) is 40.5 Å². The van der Waals surface area contributed by atoms with Crippen LogP contribution in [0.1, 0.15) is 35.0 Å². The number of carbonyl (C=O) groups excluding carboxylic acids is 2. The second kappa shape index (κ2) is 6.99. The van der Waals surface area contributed by atoms with Crippen molar-refractivity contribution in [3.8, 4) is 5.69 Å². The Morgan fingerprint density at radius 1 is 1.11 bits per heavy atom. The van der Waals surface area contributed by atoms with Gasteiger partial charge in [0, 0.05) is 17.8 Å². The first-order chi connectivity index (χ1) is 12.8. The van der Waals surface area contributed by atoms with E-state index in [9.17, 15) is 9.59 Å². The third-order valence-corrected chi connectivity index (χ3v) is 5.10. The zero-order valence-electron chi connectivity index (χ0n) is 16.6. The molecule has 1 aromatic carbocycles. The number of esters is 1. The molecule has 0 spiro atoms. The molecule has 0 saturated heterocycles. The maximum Gasteiger partial charge on any atom is 0.343 e. The van der Waals surface area contributed by atoms with E-state index in [4.69, 9.17) is 4.74 Å². The predicted molar refractivity (Wildman–Crippen MR) is 106 cm³/mol. The number of nitrogens with zero attached hydrogens (tertiary/aromatic N) is 2. The summed E-state index contributed by atoms with van der Waals surface area (Å²) in [4.78, 5) is 28.8. The Bertz CT molecular complexity index is 1000. The average Bonchev–Trinajstić information content (AvgIpc) is 3.04. The number of rotatable bonds is 4. The lowest BCUT2D eigenvalue weighted by molar-refractivity contribution is -0.137. The normalized spacial score (nSPS) is 14.0. The summed E-state index contributed by atoms with van der Waals surface area (Å²) in [5.41, 5.74) is 7.61. The van der Waals surface area contributed by atoms with Crippen molar-refractivity contribution in [1.29, 1.82) is 0 Å². The minimum Gasteiger partial charge on any atom is -0.465 e. The Balaban J connectivity index is 1.97. The lowest BCUT2D eigenvalue weighted by Gasteiger charge is -2.16. The molecule has 0 bridgehead atoms. The molecule has 0 N–H and O–H groups in total. The molecule has 5 heteroatoms. The fraction of sp³-hybridized carbons (Fsp3) is 0.318. The van der Waals surface area contributed by atoms with Gasteiger partial charge in [0.2, 0.25) is 5.78 Å². The van der Waals surface area contributed by atoms with Crippen molar-refractivity contribution in [2.24, 2.45) is 4.99 Å². The van der Waals surface area contributed by atoms with Crippen molar-refractivity contribution < 1.29 is 14.3 Å². The number of ether oxygens (including phenoxy) is 1. The lowest BCUT2D eigenvalue weighted by Crippen LogP contribution is -2.21. The average molecular weight is 364 g/mol. The van der Waals surface area contributed by atoms with Gasteiger partial charge in [0.05, 0.1) is 24.2 Å². The van der Waals surface area contributed by atoms with E-state index in [-0.39, 0.29) is 11.4 Å². The van der Waals surface area contributed by atoms with Gasteiger partial charge in [-0.2, -0.15) is 0 Å². The summed E-state index contributed by atoms with van der Waals surface area (Å²) in [6.07, 6.45) is 0.390. The van der Waals surface area contributed by atoms with E-state index in [1.165, 1.54) is 23.9 Å². The molecule has 140 valence electrons. The van der Waals surface area contributed by atoms with Gasteiger partial charge in [-0.05, 0) is 57.4 Å². The molecule has 1 aromatic heterocycles. The van der Waals surface area contributed by atoms with E-state index in [1.54, 1.807) is 6.92 Å². The van der Waals surface area contributed by atoms with Crippen molar-refractivity contribution in [3.63, 3.8) is 0 Å². The van der Waals surface area contributed by atoms with Crippen molar-refractivity contribution in [2.45, 2.75) is 41.0 Å². The summed E-state index contributed by atoms with van der Waals surface area (Å²) in [6.45, 7) is 9.97. The first kappa shape index (κ1) is 18.8. The second-order valence-corrected chi connectivity index (χ2v) is 6.99. The zero-order chi connectivity index (χ0) is 19.9. The minimum atomic E-state index is -0.628. The van der Waals surface area contributed by atoms with E-state index in [1.807, 2.05) is 0 Å². The van der Waals surface area contributed by atoms with E-state index in [0.717, 1.165) is 17.0 Å². The molecule has 27 heavy (non-hydrogen) atoms. The molecule has 1 aliphatic rings. The summed E-state index contributed by atoms with van der Waals surface area (Å²) in [6, 6.07) is 8.34. The van der Waals surface area contributed by atoms with Crippen LogP contribution in [0.5, 0.6) is 0 Å². The summed E-state index contributed by atoms with van der Waals surface area (Å²) in [7, 11) is 1.27. The first-order valence-corrected chi connectivity index (χ1v) is 8.92. The smallest absolute Gasteiger partial charge is 0.343 e. The molecule has 0 atom stereocenters. The van der Waals surface area contributed by atoms with Crippen LogP contribution in [-0.2, 0) is 20.7 Å². The Hall–Kier alpha value is -2.95. The van der Waals surface area contributed by atoms with Crippen LogP contribution in [0.2, 0.25) is 0 Å². The number of aryl methyl sites for hydroxylation is 3. The summed E-state index contributed by atoms with van der Waals surface area (Å²) in [5.74, 6) is -0.964. The SMILES string of the molecule is COC(=O)C1=C(C)N=C(Cc2cc(C)n(-c3c(C)cccc3C)c2C)C1=O. The third kappa shape index (κ3) is 3.14. The van der Waals surface area contributed by atoms with Gasteiger partial charge < -0.3 is 9.30 Å². The highest BCUT2D eigenvalue weighted by molar-refractivity contribution is 6.53. The Kier molecular flexibility index (Phi) is 4.87. The second-order valence-electron chi connectivity index (χ2n) is 6.99. The highest BCUT2D eigenvalue weighted by Crippen LogP contribution is 2.28. The van der Waals surface area contributed by atoms with Crippen LogP contribution in [0.25, 0.3) is 5.69 Å². The van der Waals surface area contributed by atoms with Gasteiger partial charge in [0.25, 0.3) is 0 Å². The van der Waals surface area contributed by atoms with Crippen molar-refractivity contribution in [2.75, 3.05) is 7.11 Å². The van der Waals surface area contributed by atoms with E-state index in [0.29, 0.717) is 17.8 Å². The topological polar surface area (TPSA) is 60.7 Å². The molecule has 3 rings (SSSR count). The number of hydrogen-bond donors (Lipinski definition) is 0. The van der Waals surface area contributed by atoms with E-state index in [2.05, 4.69) is 61.5 Å². The number of methoxy groups -OCH3 is 1. The zero-order valence-corrected chi connectivity index (χ0v) is 16.6. The Labute approximate surface area is 159 Å². The van der Waals surface area contributed by atoms with Gasteiger partial charge in [-0.25, -0.2) is 4.79 Å². The quantitative estimate of drug-likeness (QED) is 0.613. The number of aromatic nitrogens is 1. The van der Waals surface area contributed by atoms with Crippen LogP contribution in [0.3, 0.4) is 0 Å². The molecule has 1 aliphatic heterocycles. The monoisotopic (exact) mass is 364 g/mol. The largest absolute Gasteiger partial charge is 0.465 e. The number of ketones is 1. The van der Waals surface area contributed by atoms with Gasteiger partial charge in [-0.1, -0.05) is 18.2 Å². The number of Topliss-reactive ketones (excluding diaryl/α,β-unsaturated/α-hetero) is 1. The molecule has 2 aromatic rings. The first-order valence-electron chi connectivity index (χ1n) is 8.92. The highest BCUT2D eigenvalue weighted by Gasteiger charge is 2.32. The van der Waals surface area contributed by atoms with Crippen LogP contribution < -0.4 is 0 Å². The van der Waals surface area contributed by atoms with Crippen molar-refractivity contribution in [1.82, 2.24) is 4.57 Å². The minimum absolute atomic E-state index is 0.0380. The number of benzene rings is 1. The molecular weight excluding hydrogens is 340 g/mol. The number of carbonyl (C=O) groups is 2. The fourth-order valence-corrected chi connectivity index (χ4v) is 3.77. The number of hydrogen-bond acceptors (Lipinski definition) is 4. The van der Waals surface area contributed by atoms with Crippen LogP contribution in [0.4, 0.5) is 0 Å². The Morgan fingerprint density at radius 2 is 1.74 bits per heavy atom. The van der Waals surface area contributed by atoms with Gasteiger partial charge in [-0.15, -0.1) is 0 Å². The number of para-hydroxylation sites is 1. The maximum atomic E-state index is 12.6. The number of aliphatic imine (C=N–C) groups is 1. The molecule has 0 aliphatic carbocycles. The van der Waals surface area contributed by atoms with Gasteiger partial charge in [0.1, 0.15) is 5.57 Å². The van der Waals surface area contributed by atoms with E-state index >= 15 is 0 Å². The van der Waals surface area contributed by atoms with Crippen LogP contribution in [-0.4, -0.2) is 29.1 Å².